The molecule has 0 aromatic carbocycles. The summed E-state index contributed by atoms with van der Waals surface area (Å²) in [5, 5.41) is 11.3. The molecule has 1 aliphatic heterocycles. The predicted octanol–water partition coefficient (Wildman–Crippen LogP) is 0.796. The van der Waals surface area contributed by atoms with Crippen molar-refractivity contribution in [2.45, 2.75) is 46.8 Å². The summed E-state index contributed by atoms with van der Waals surface area (Å²) in [7, 11) is -3.29. The standard InChI is InChI=1S/C18H35N7O3S.HI/c1-5-17-22-21-15-24(17)8-7-20-18(19-6-2)23-9-11-25(12-10-23)29(26,27)14-13-28-16(3)4;/h15-16H,5-14H2,1-4H3,(H,19,20);1H. The van der Waals surface area contributed by atoms with Gasteiger partial charge in [0.2, 0.25) is 10.0 Å². The fourth-order valence-corrected chi connectivity index (χ4v) is 4.41. The molecule has 1 N–H and O–H groups in total. The zero-order valence-electron chi connectivity index (χ0n) is 18.5. The number of ether oxygens (including phenoxy) is 1. The minimum absolute atomic E-state index is 0. The van der Waals surface area contributed by atoms with Crippen LogP contribution in [0.5, 0.6) is 0 Å². The fourth-order valence-electron chi connectivity index (χ4n) is 3.13. The number of sulfonamides is 1. The second-order valence-electron chi connectivity index (χ2n) is 7.15. The summed E-state index contributed by atoms with van der Waals surface area (Å²) in [4.78, 5) is 6.83. The number of hydrogen-bond donors (Lipinski definition) is 1. The molecule has 0 unspecified atom stereocenters. The molecule has 0 amide bonds. The lowest BCUT2D eigenvalue weighted by molar-refractivity contribution is 0.0904. The topological polar surface area (TPSA) is 105 Å². The van der Waals surface area contributed by atoms with Crippen LogP contribution in [0, 0.1) is 0 Å². The molecule has 0 bridgehead atoms. The molecule has 0 aliphatic carbocycles. The van der Waals surface area contributed by atoms with Crippen LogP contribution in [0.1, 0.15) is 33.5 Å². The van der Waals surface area contributed by atoms with Crippen LogP contribution in [-0.2, 0) is 27.7 Å². The maximum Gasteiger partial charge on any atom is 0.216 e. The Labute approximate surface area is 197 Å². The molecule has 30 heavy (non-hydrogen) atoms. The first kappa shape index (κ1) is 27.0. The number of aromatic nitrogens is 3. The lowest BCUT2D eigenvalue weighted by atomic mass is 10.4. The van der Waals surface area contributed by atoms with Crippen LogP contribution in [0.4, 0.5) is 0 Å². The van der Waals surface area contributed by atoms with Crippen LogP contribution in [0.15, 0.2) is 11.3 Å². The molecule has 1 saturated heterocycles. The van der Waals surface area contributed by atoms with Crippen molar-refractivity contribution in [1.82, 2.24) is 29.3 Å². The molecule has 1 aromatic heterocycles. The number of aryl methyl sites for hydroxylation is 1. The number of aliphatic imine (C=N–C) groups is 1. The van der Waals surface area contributed by atoms with E-state index in [1.54, 1.807) is 10.6 Å². The molecule has 174 valence electrons. The Bertz CT molecular complexity index is 747. The molecule has 1 fully saturated rings. The van der Waals surface area contributed by atoms with Gasteiger partial charge in [-0.1, -0.05) is 6.92 Å². The van der Waals surface area contributed by atoms with Crippen molar-refractivity contribution >= 4 is 40.0 Å². The van der Waals surface area contributed by atoms with Crippen molar-refractivity contribution in [3.05, 3.63) is 12.2 Å². The van der Waals surface area contributed by atoms with Gasteiger partial charge in [0.1, 0.15) is 12.2 Å². The van der Waals surface area contributed by atoms with Crippen LogP contribution in [0.2, 0.25) is 0 Å². The van der Waals surface area contributed by atoms with Crippen molar-refractivity contribution in [3.8, 4) is 0 Å². The van der Waals surface area contributed by atoms with Gasteiger partial charge in [-0.2, -0.15) is 4.31 Å². The minimum Gasteiger partial charge on any atom is -0.378 e. The van der Waals surface area contributed by atoms with Crippen molar-refractivity contribution in [2.24, 2.45) is 4.99 Å². The first-order chi connectivity index (χ1) is 13.9. The molecular formula is C18H36IN7O3S. The van der Waals surface area contributed by atoms with E-state index in [4.69, 9.17) is 9.73 Å². The third-order valence-electron chi connectivity index (χ3n) is 4.67. The van der Waals surface area contributed by atoms with Crippen molar-refractivity contribution < 1.29 is 13.2 Å². The Kier molecular flexibility index (Phi) is 12.1. The summed E-state index contributed by atoms with van der Waals surface area (Å²) in [6.07, 6.45) is 2.60. The van der Waals surface area contributed by atoms with Crippen LogP contribution in [0.25, 0.3) is 0 Å². The summed E-state index contributed by atoms with van der Waals surface area (Å²) in [5.41, 5.74) is 0. The highest BCUT2D eigenvalue weighted by molar-refractivity contribution is 14.0. The van der Waals surface area contributed by atoms with E-state index in [-0.39, 0.29) is 42.4 Å². The number of nitrogens with one attached hydrogen (secondary N) is 1. The van der Waals surface area contributed by atoms with E-state index in [2.05, 4.69) is 27.3 Å². The highest BCUT2D eigenvalue weighted by Gasteiger charge is 2.28. The van der Waals surface area contributed by atoms with Gasteiger partial charge in [0.15, 0.2) is 5.96 Å². The summed E-state index contributed by atoms with van der Waals surface area (Å²) >= 11 is 0. The molecule has 2 rings (SSSR count). The molecular weight excluding hydrogens is 521 g/mol. The Morgan fingerprint density at radius 2 is 1.97 bits per heavy atom. The molecule has 0 radical (unpaired) electrons. The van der Waals surface area contributed by atoms with Gasteiger partial charge in [0.05, 0.1) is 25.0 Å². The Morgan fingerprint density at radius 1 is 1.27 bits per heavy atom. The van der Waals surface area contributed by atoms with E-state index in [1.807, 2.05) is 25.3 Å². The number of hydrogen-bond acceptors (Lipinski definition) is 6. The number of nitrogens with zero attached hydrogens (tertiary/aromatic N) is 6. The highest BCUT2D eigenvalue weighted by atomic mass is 127. The molecule has 1 aromatic rings. The minimum atomic E-state index is -3.29. The largest absolute Gasteiger partial charge is 0.378 e. The lowest BCUT2D eigenvalue weighted by Crippen LogP contribution is -2.54. The van der Waals surface area contributed by atoms with Gasteiger partial charge in [-0.15, -0.1) is 34.2 Å². The summed E-state index contributed by atoms with van der Waals surface area (Å²) in [6.45, 7) is 12.3. The van der Waals surface area contributed by atoms with E-state index in [0.29, 0.717) is 32.7 Å². The Balaban J connectivity index is 0.00000450. The number of halogens is 1. The summed E-state index contributed by atoms with van der Waals surface area (Å²) in [6, 6.07) is 0. The molecule has 10 nitrogen and oxygen atoms in total. The molecule has 0 atom stereocenters. The van der Waals surface area contributed by atoms with Crippen LogP contribution in [0.3, 0.4) is 0 Å². The highest BCUT2D eigenvalue weighted by Crippen LogP contribution is 2.09. The second kappa shape index (κ2) is 13.4. The van der Waals surface area contributed by atoms with Crippen molar-refractivity contribution in [3.63, 3.8) is 0 Å². The normalized spacial score (nSPS) is 16.0. The van der Waals surface area contributed by atoms with E-state index >= 15 is 0 Å². The summed E-state index contributed by atoms with van der Waals surface area (Å²) < 4.78 is 34.0. The lowest BCUT2D eigenvalue weighted by Gasteiger charge is -2.36. The average Bonchev–Trinajstić information content (AvgIpc) is 3.14. The van der Waals surface area contributed by atoms with Gasteiger partial charge < -0.3 is 19.5 Å². The van der Waals surface area contributed by atoms with Gasteiger partial charge in [0, 0.05) is 45.7 Å². The van der Waals surface area contributed by atoms with E-state index in [1.165, 1.54) is 0 Å². The van der Waals surface area contributed by atoms with Crippen molar-refractivity contribution in [2.75, 3.05) is 51.6 Å². The molecule has 2 heterocycles. The van der Waals surface area contributed by atoms with Crippen LogP contribution >= 0.6 is 24.0 Å². The van der Waals surface area contributed by atoms with E-state index < -0.39 is 10.0 Å². The average molecular weight is 558 g/mol. The molecule has 1 aliphatic rings. The monoisotopic (exact) mass is 557 g/mol. The van der Waals surface area contributed by atoms with Crippen LogP contribution in [-0.4, -0.2) is 96.1 Å². The summed E-state index contributed by atoms with van der Waals surface area (Å²) in [5.74, 6) is 1.79. The van der Waals surface area contributed by atoms with E-state index in [9.17, 15) is 8.42 Å². The third-order valence-corrected chi connectivity index (χ3v) is 6.51. The SMILES string of the molecule is CCNC(=NCCn1cnnc1CC)N1CCN(S(=O)(=O)CCOC(C)C)CC1.I. The van der Waals surface area contributed by atoms with Crippen LogP contribution < -0.4 is 5.32 Å². The first-order valence-electron chi connectivity index (χ1n) is 10.4. The smallest absolute Gasteiger partial charge is 0.216 e. The number of rotatable bonds is 10. The number of guanidine groups is 1. The van der Waals surface area contributed by atoms with Gasteiger partial charge in [-0.05, 0) is 20.8 Å². The third kappa shape index (κ3) is 8.27. The maximum atomic E-state index is 12.5. The molecule has 0 saturated carbocycles. The van der Waals surface area contributed by atoms with Gasteiger partial charge in [-0.3, -0.25) is 4.99 Å². The first-order valence-corrected chi connectivity index (χ1v) is 12.0. The molecule has 0 spiro atoms. The Hall–Kier alpha value is -0.990. The van der Waals surface area contributed by atoms with Gasteiger partial charge in [-0.25, -0.2) is 8.42 Å². The predicted molar refractivity (Wildman–Crippen MR) is 129 cm³/mol. The van der Waals surface area contributed by atoms with Gasteiger partial charge in [0.25, 0.3) is 0 Å². The maximum absolute atomic E-state index is 12.5. The zero-order chi connectivity index (χ0) is 21.3. The Morgan fingerprint density at radius 3 is 2.57 bits per heavy atom. The second-order valence-corrected chi connectivity index (χ2v) is 9.24. The fraction of sp³-hybridized carbons (Fsp3) is 0.833. The van der Waals surface area contributed by atoms with Crippen molar-refractivity contribution in [1.29, 1.82) is 0 Å². The van der Waals surface area contributed by atoms with Gasteiger partial charge >= 0.3 is 0 Å². The van der Waals surface area contributed by atoms with E-state index in [0.717, 1.165) is 31.3 Å². The quantitative estimate of drug-likeness (QED) is 0.258. The molecule has 12 heteroatoms. The zero-order valence-corrected chi connectivity index (χ0v) is 21.6. The number of piperazine rings is 1.